The van der Waals surface area contributed by atoms with Gasteiger partial charge in [-0.25, -0.2) is 4.39 Å². The summed E-state index contributed by atoms with van der Waals surface area (Å²) in [6.45, 7) is 4.35. The number of benzene rings is 1. The second-order valence-corrected chi connectivity index (χ2v) is 8.72. The van der Waals surface area contributed by atoms with Crippen LogP contribution in [0.2, 0.25) is 0 Å². The Kier molecular flexibility index (Phi) is 7.93. The number of halogens is 2. The maximum absolute atomic E-state index is 14.5. The molecule has 0 N–H and O–H groups in total. The van der Waals surface area contributed by atoms with E-state index in [-0.39, 0.29) is 11.7 Å². The Labute approximate surface area is 169 Å². The minimum Gasteiger partial charge on any atom is -0.491 e. The summed E-state index contributed by atoms with van der Waals surface area (Å²) in [4.78, 5) is 0. The summed E-state index contributed by atoms with van der Waals surface area (Å²) < 4.78 is 33.9. The SMILES string of the molecule is CCC/C=C/C1CCC(C2CCC(c3ccc(OCC)c(F)c3F)CC2)CC1. The molecule has 0 amide bonds. The van der Waals surface area contributed by atoms with Crippen LogP contribution in [0, 0.1) is 29.4 Å². The Morgan fingerprint density at radius 3 is 2.14 bits per heavy atom. The molecule has 0 spiro atoms. The summed E-state index contributed by atoms with van der Waals surface area (Å²) in [6, 6.07) is 3.33. The summed E-state index contributed by atoms with van der Waals surface area (Å²) in [6.07, 6.45) is 16.8. The zero-order valence-corrected chi connectivity index (χ0v) is 17.6. The molecule has 1 aromatic carbocycles. The van der Waals surface area contributed by atoms with Crippen LogP contribution in [0.4, 0.5) is 8.78 Å². The Morgan fingerprint density at radius 2 is 1.54 bits per heavy atom. The second-order valence-electron chi connectivity index (χ2n) is 8.72. The predicted octanol–water partition coefficient (Wildman–Crippen LogP) is 7.80. The van der Waals surface area contributed by atoms with Gasteiger partial charge in [0.15, 0.2) is 11.6 Å². The van der Waals surface area contributed by atoms with Crippen LogP contribution in [-0.2, 0) is 0 Å². The van der Waals surface area contributed by atoms with Crippen molar-refractivity contribution < 1.29 is 13.5 Å². The lowest BCUT2D eigenvalue weighted by Gasteiger charge is -2.37. The van der Waals surface area contributed by atoms with E-state index < -0.39 is 11.6 Å². The molecule has 0 heterocycles. The van der Waals surface area contributed by atoms with Gasteiger partial charge in [0.2, 0.25) is 5.82 Å². The molecule has 0 saturated heterocycles. The molecule has 2 saturated carbocycles. The summed E-state index contributed by atoms with van der Waals surface area (Å²) in [5, 5.41) is 0. The number of allylic oxidation sites excluding steroid dienone is 2. The fraction of sp³-hybridized carbons (Fsp3) is 0.680. The lowest BCUT2D eigenvalue weighted by molar-refractivity contribution is 0.170. The molecule has 0 radical (unpaired) electrons. The van der Waals surface area contributed by atoms with Crippen LogP contribution in [-0.4, -0.2) is 6.61 Å². The fourth-order valence-corrected chi connectivity index (χ4v) is 5.29. The van der Waals surface area contributed by atoms with E-state index in [1.54, 1.807) is 19.1 Å². The molecule has 3 heteroatoms. The molecular formula is C25H36F2O. The highest BCUT2D eigenvalue weighted by molar-refractivity contribution is 5.33. The molecule has 0 aromatic heterocycles. The van der Waals surface area contributed by atoms with Gasteiger partial charge in [-0.1, -0.05) is 31.6 Å². The van der Waals surface area contributed by atoms with Crippen LogP contribution < -0.4 is 4.74 Å². The van der Waals surface area contributed by atoms with Gasteiger partial charge in [0.05, 0.1) is 6.61 Å². The highest BCUT2D eigenvalue weighted by atomic mass is 19.2. The third-order valence-corrected chi connectivity index (χ3v) is 6.94. The molecule has 0 aliphatic heterocycles. The van der Waals surface area contributed by atoms with Crippen molar-refractivity contribution in [3.8, 4) is 5.75 Å². The lowest BCUT2D eigenvalue weighted by atomic mass is 9.68. The molecule has 0 bridgehead atoms. The van der Waals surface area contributed by atoms with Crippen molar-refractivity contribution in [1.82, 2.24) is 0 Å². The van der Waals surface area contributed by atoms with E-state index in [1.807, 2.05) is 0 Å². The number of hydrogen-bond donors (Lipinski definition) is 0. The van der Waals surface area contributed by atoms with Crippen LogP contribution in [0.1, 0.15) is 89.5 Å². The van der Waals surface area contributed by atoms with Gasteiger partial charge in [-0.05, 0) is 100 Å². The largest absolute Gasteiger partial charge is 0.491 e. The van der Waals surface area contributed by atoms with E-state index in [4.69, 9.17) is 4.74 Å². The topological polar surface area (TPSA) is 9.23 Å². The summed E-state index contributed by atoms with van der Waals surface area (Å²) >= 11 is 0. The van der Waals surface area contributed by atoms with Crippen molar-refractivity contribution in [2.24, 2.45) is 17.8 Å². The van der Waals surface area contributed by atoms with Gasteiger partial charge in [-0.3, -0.25) is 0 Å². The van der Waals surface area contributed by atoms with Crippen LogP contribution >= 0.6 is 0 Å². The van der Waals surface area contributed by atoms with Gasteiger partial charge in [0, 0.05) is 0 Å². The van der Waals surface area contributed by atoms with Crippen molar-refractivity contribution in [2.75, 3.05) is 6.61 Å². The monoisotopic (exact) mass is 390 g/mol. The van der Waals surface area contributed by atoms with Crippen molar-refractivity contribution in [3.05, 3.63) is 41.5 Å². The molecule has 156 valence electrons. The fourth-order valence-electron chi connectivity index (χ4n) is 5.29. The van der Waals surface area contributed by atoms with Crippen LogP contribution in [0.15, 0.2) is 24.3 Å². The summed E-state index contributed by atoms with van der Waals surface area (Å²) in [7, 11) is 0. The zero-order valence-electron chi connectivity index (χ0n) is 17.6. The molecule has 2 fully saturated rings. The summed E-state index contributed by atoms with van der Waals surface area (Å²) in [5.41, 5.74) is 0.546. The molecule has 0 atom stereocenters. The van der Waals surface area contributed by atoms with Gasteiger partial charge in [-0.15, -0.1) is 0 Å². The average molecular weight is 391 g/mol. The first-order chi connectivity index (χ1) is 13.6. The van der Waals surface area contributed by atoms with E-state index >= 15 is 0 Å². The number of ether oxygens (including phenoxy) is 1. The standard InChI is InChI=1S/C25H36F2O/c1-3-5-6-7-18-8-10-19(11-9-18)20-12-14-21(15-13-20)22-16-17-23(28-4-2)25(27)24(22)26/h6-7,16-21H,3-5,8-15H2,1-2H3/b7-6+. The highest BCUT2D eigenvalue weighted by Crippen LogP contribution is 2.45. The normalized spacial score (nSPS) is 28.6. The minimum atomic E-state index is -0.823. The van der Waals surface area contributed by atoms with Gasteiger partial charge in [0.1, 0.15) is 0 Å². The third-order valence-electron chi connectivity index (χ3n) is 6.94. The molecule has 3 rings (SSSR count). The second kappa shape index (κ2) is 10.4. The van der Waals surface area contributed by atoms with Gasteiger partial charge in [0.25, 0.3) is 0 Å². The van der Waals surface area contributed by atoms with E-state index in [1.165, 1.54) is 38.5 Å². The van der Waals surface area contributed by atoms with E-state index in [0.29, 0.717) is 12.2 Å². The molecule has 0 unspecified atom stereocenters. The minimum absolute atomic E-state index is 0.0298. The number of rotatable bonds is 7. The van der Waals surface area contributed by atoms with Crippen molar-refractivity contribution in [2.45, 2.75) is 84.0 Å². The lowest BCUT2D eigenvalue weighted by Crippen LogP contribution is -2.25. The molecule has 28 heavy (non-hydrogen) atoms. The Bertz CT molecular complexity index is 638. The van der Waals surface area contributed by atoms with Crippen molar-refractivity contribution >= 4 is 0 Å². The van der Waals surface area contributed by atoms with E-state index in [2.05, 4.69) is 19.1 Å². The maximum Gasteiger partial charge on any atom is 0.200 e. The molecule has 2 aliphatic rings. The van der Waals surface area contributed by atoms with Crippen LogP contribution in [0.3, 0.4) is 0 Å². The first-order valence-electron chi connectivity index (χ1n) is 11.4. The quantitative estimate of drug-likeness (QED) is 0.432. The molecular weight excluding hydrogens is 354 g/mol. The molecule has 1 aromatic rings. The maximum atomic E-state index is 14.5. The third kappa shape index (κ3) is 5.15. The zero-order chi connectivity index (χ0) is 19.9. The number of hydrogen-bond acceptors (Lipinski definition) is 1. The van der Waals surface area contributed by atoms with Gasteiger partial charge >= 0.3 is 0 Å². The smallest absolute Gasteiger partial charge is 0.200 e. The van der Waals surface area contributed by atoms with Crippen molar-refractivity contribution in [1.29, 1.82) is 0 Å². The molecule has 2 aliphatic carbocycles. The summed E-state index contributed by atoms with van der Waals surface area (Å²) in [5.74, 6) is 1.04. The van der Waals surface area contributed by atoms with E-state index in [9.17, 15) is 8.78 Å². The Balaban J connectivity index is 1.51. The first kappa shape index (κ1) is 21.3. The number of unbranched alkanes of at least 4 members (excludes halogenated alkanes) is 1. The van der Waals surface area contributed by atoms with Crippen LogP contribution in [0.5, 0.6) is 5.75 Å². The Morgan fingerprint density at radius 1 is 0.893 bits per heavy atom. The predicted molar refractivity (Wildman–Crippen MR) is 112 cm³/mol. The molecule has 1 nitrogen and oxygen atoms in total. The van der Waals surface area contributed by atoms with Gasteiger partial charge in [-0.2, -0.15) is 4.39 Å². The Hall–Kier alpha value is -1.38. The van der Waals surface area contributed by atoms with E-state index in [0.717, 1.165) is 43.4 Å². The van der Waals surface area contributed by atoms with Crippen molar-refractivity contribution in [3.63, 3.8) is 0 Å². The first-order valence-corrected chi connectivity index (χ1v) is 11.4. The highest BCUT2D eigenvalue weighted by Gasteiger charge is 2.32. The van der Waals surface area contributed by atoms with Gasteiger partial charge < -0.3 is 4.74 Å². The average Bonchev–Trinajstić information content (AvgIpc) is 2.73. The van der Waals surface area contributed by atoms with Crippen LogP contribution in [0.25, 0.3) is 0 Å².